The summed E-state index contributed by atoms with van der Waals surface area (Å²) >= 11 is 0.833. The van der Waals surface area contributed by atoms with E-state index in [0.717, 1.165) is 75.7 Å². The van der Waals surface area contributed by atoms with Gasteiger partial charge in [-0.1, -0.05) is 56.7 Å². The summed E-state index contributed by atoms with van der Waals surface area (Å²) in [5, 5.41) is 6.16. The number of benzene rings is 2. The number of halogens is 1. The van der Waals surface area contributed by atoms with Crippen LogP contribution in [0.1, 0.15) is 102 Å². The van der Waals surface area contributed by atoms with Crippen molar-refractivity contribution in [1.82, 2.24) is 19.9 Å². The summed E-state index contributed by atoms with van der Waals surface area (Å²) in [5.74, 6) is -0.694. The van der Waals surface area contributed by atoms with Crippen LogP contribution in [0.5, 0.6) is 11.5 Å². The number of hydrogen-bond donors (Lipinski definition) is 3. The highest BCUT2D eigenvalue weighted by atomic mass is 32.1. The van der Waals surface area contributed by atoms with Crippen LogP contribution in [0.25, 0.3) is 0 Å². The predicted molar refractivity (Wildman–Crippen MR) is 167 cm³/mol. The Morgan fingerprint density at radius 3 is 2.24 bits per heavy atom. The Balaban J connectivity index is 1.35. The van der Waals surface area contributed by atoms with Crippen molar-refractivity contribution >= 4 is 34.9 Å². The fraction of sp³-hybridized carbons (Fsp3) is 0.455. The SMILES string of the molecule is Nc1c(C(=O)NC2CCCCC2)nsc1C(=O)N(Cc1ccc2c(c1)OCO2)C(C(=O)NC1CCCCC1)c1ccc(F)cc1. The van der Waals surface area contributed by atoms with E-state index in [2.05, 4.69) is 15.0 Å². The van der Waals surface area contributed by atoms with Gasteiger partial charge >= 0.3 is 0 Å². The van der Waals surface area contributed by atoms with Gasteiger partial charge in [-0.2, -0.15) is 4.37 Å². The zero-order valence-corrected chi connectivity index (χ0v) is 25.9. The lowest BCUT2D eigenvalue weighted by Gasteiger charge is -2.33. The molecular weight excluding hydrogens is 597 g/mol. The Morgan fingerprint density at radius 2 is 1.56 bits per heavy atom. The maximum Gasteiger partial charge on any atom is 0.273 e. The lowest BCUT2D eigenvalue weighted by Crippen LogP contribution is -2.46. The third-order valence-electron chi connectivity index (χ3n) is 8.83. The molecule has 6 rings (SSSR count). The van der Waals surface area contributed by atoms with Gasteiger partial charge in [0.2, 0.25) is 12.7 Å². The Morgan fingerprint density at radius 1 is 0.911 bits per heavy atom. The molecule has 0 spiro atoms. The molecule has 2 aromatic carbocycles. The molecule has 3 aromatic rings. The van der Waals surface area contributed by atoms with Gasteiger partial charge in [0.1, 0.15) is 16.7 Å². The molecule has 2 fully saturated rings. The molecule has 2 aliphatic carbocycles. The van der Waals surface area contributed by atoms with Crippen LogP contribution >= 0.6 is 11.5 Å². The van der Waals surface area contributed by atoms with Crippen molar-refractivity contribution in [3.63, 3.8) is 0 Å². The molecule has 2 saturated carbocycles. The lowest BCUT2D eigenvalue weighted by atomic mass is 9.94. The van der Waals surface area contributed by atoms with E-state index in [1.165, 1.54) is 29.2 Å². The van der Waals surface area contributed by atoms with Crippen molar-refractivity contribution in [2.45, 2.75) is 88.9 Å². The highest BCUT2D eigenvalue weighted by Crippen LogP contribution is 2.35. The molecule has 12 heteroatoms. The first-order valence-electron chi connectivity index (χ1n) is 15.7. The molecular formula is C33H38FN5O5S. The standard InChI is InChI=1S/C33H38FN5O5S/c34-22-14-12-21(13-15-22)29(32(41)37-24-9-5-2-6-10-24)39(18-20-11-16-25-26(17-20)44-19-43-25)33(42)30-27(35)28(38-45-30)31(40)36-23-7-3-1-4-8-23/h11-17,23-24,29H,1-10,18-19,35H2,(H,36,40)(H,37,41). The van der Waals surface area contributed by atoms with E-state index in [0.29, 0.717) is 22.6 Å². The van der Waals surface area contributed by atoms with Crippen molar-refractivity contribution in [2.24, 2.45) is 0 Å². The van der Waals surface area contributed by atoms with Gasteiger partial charge in [0, 0.05) is 18.6 Å². The van der Waals surface area contributed by atoms with Crippen molar-refractivity contribution in [2.75, 3.05) is 12.5 Å². The number of nitrogen functional groups attached to an aromatic ring is 1. The zero-order chi connectivity index (χ0) is 31.3. The molecule has 3 aliphatic rings. The van der Waals surface area contributed by atoms with Gasteiger partial charge in [-0.15, -0.1) is 0 Å². The average Bonchev–Trinajstić information content (AvgIpc) is 3.68. The fourth-order valence-corrected chi connectivity index (χ4v) is 7.16. The molecule has 4 N–H and O–H groups in total. The Hall–Kier alpha value is -4.19. The van der Waals surface area contributed by atoms with Gasteiger partial charge < -0.3 is 30.7 Å². The molecule has 2 heterocycles. The monoisotopic (exact) mass is 635 g/mol. The van der Waals surface area contributed by atoms with E-state index in [9.17, 15) is 18.8 Å². The van der Waals surface area contributed by atoms with E-state index < -0.39 is 23.7 Å². The van der Waals surface area contributed by atoms with Crippen LogP contribution in [0.2, 0.25) is 0 Å². The van der Waals surface area contributed by atoms with Gasteiger partial charge in [-0.3, -0.25) is 14.4 Å². The van der Waals surface area contributed by atoms with Crippen molar-refractivity contribution in [3.8, 4) is 11.5 Å². The van der Waals surface area contributed by atoms with Crippen molar-refractivity contribution in [3.05, 3.63) is 70.0 Å². The Labute approximate surface area is 265 Å². The minimum absolute atomic E-state index is 0.00180. The van der Waals surface area contributed by atoms with E-state index >= 15 is 0 Å². The first-order valence-corrected chi connectivity index (χ1v) is 16.5. The normalized spacial score (nSPS) is 17.4. The summed E-state index contributed by atoms with van der Waals surface area (Å²) in [6.45, 7) is 0.0864. The number of nitrogens with two attached hydrogens (primary N) is 1. The second-order valence-corrected chi connectivity index (χ2v) is 12.8. The predicted octanol–water partition coefficient (Wildman–Crippen LogP) is 5.49. The molecule has 1 atom stereocenters. The molecule has 0 bridgehead atoms. The summed E-state index contributed by atoms with van der Waals surface area (Å²) in [5.41, 5.74) is 7.55. The van der Waals surface area contributed by atoms with Gasteiger partial charge in [-0.05, 0) is 72.6 Å². The van der Waals surface area contributed by atoms with E-state index in [1.807, 2.05) is 0 Å². The number of rotatable bonds is 9. The Bertz CT molecular complexity index is 1530. The quantitative estimate of drug-likeness (QED) is 0.283. The van der Waals surface area contributed by atoms with Crippen LogP contribution in [0.15, 0.2) is 42.5 Å². The maximum absolute atomic E-state index is 14.5. The number of nitrogens with zero attached hydrogens (tertiary/aromatic N) is 2. The number of ether oxygens (including phenoxy) is 2. The smallest absolute Gasteiger partial charge is 0.273 e. The Kier molecular flexibility index (Phi) is 9.48. The number of fused-ring (bicyclic) bond motifs is 1. The van der Waals surface area contributed by atoms with E-state index in [1.54, 1.807) is 18.2 Å². The molecule has 1 aliphatic heterocycles. The summed E-state index contributed by atoms with van der Waals surface area (Å²) in [6.07, 6.45) is 9.84. The number of aromatic nitrogens is 1. The second-order valence-electron chi connectivity index (χ2n) is 12.0. The average molecular weight is 636 g/mol. The van der Waals surface area contributed by atoms with Crippen LogP contribution in [-0.2, 0) is 11.3 Å². The number of carbonyl (C=O) groups is 3. The van der Waals surface area contributed by atoms with Crippen molar-refractivity contribution < 1.29 is 28.2 Å². The van der Waals surface area contributed by atoms with Crippen LogP contribution in [-0.4, -0.2) is 45.9 Å². The van der Waals surface area contributed by atoms with Crippen LogP contribution in [0, 0.1) is 5.82 Å². The molecule has 1 aromatic heterocycles. The number of nitrogens with one attached hydrogen (secondary N) is 2. The van der Waals surface area contributed by atoms with Gasteiger partial charge in [0.25, 0.3) is 11.8 Å². The van der Waals surface area contributed by atoms with Crippen LogP contribution < -0.4 is 25.8 Å². The van der Waals surface area contributed by atoms with Crippen LogP contribution in [0.3, 0.4) is 0 Å². The molecule has 10 nitrogen and oxygen atoms in total. The third-order valence-corrected chi connectivity index (χ3v) is 9.68. The van der Waals surface area contributed by atoms with Crippen molar-refractivity contribution in [1.29, 1.82) is 0 Å². The lowest BCUT2D eigenvalue weighted by molar-refractivity contribution is -0.127. The van der Waals surface area contributed by atoms with E-state index in [-0.39, 0.29) is 47.6 Å². The molecule has 3 amide bonds. The number of amides is 3. The van der Waals surface area contributed by atoms with Gasteiger partial charge in [0.05, 0.1) is 5.69 Å². The van der Waals surface area contributed by atoms with Crippen LogP contribution in [0.4, 0.5) is 10.1 Å². The molecule has 1 unspecified atom stereocenters. The van der Waals surface area contributed by atoms with E-state index in [4.69, 9.17) is 15.2 Å². The van der Waals surface area contributed by atoms with Gasteiger partial charge in [-0.25, -0.2) is 4.39 Å². The number of hydrogen-bond acceptors (Lipinski definition) is 8. The molecule has 45 heavy (non-hydrogen) atoms. The first kappa shape index (κ1) is 30.8. The topological polar surface area (TPSA) is 136 Å². The van der Waals surface area contributed by atoms with Gasteiger partial charge in [0.15, 0.2) is 17.2 Å². The second kappa shape index (κ2) is 13.8. The molecule has 0 radical (unpaired) electrons. The summed E-state index contributed by atoms with van der Waals surface area (Å²) < 4.78 is 29.4. The highest BCUT2D eigenvalue weighted by molar-refractivity contribution is 7.09. The molecule has 238 valence electrons. The number of carbonyl (C=O) groups excluding carboxylic acids is 3. The minimum atomic E-state index is -1.12. The summed E-state index contributed by atoms with van der Waals surface area (Å²) in [6, 6.07) is 9.79. The largest absolute Gasteiger partial charge is 0.454 e. The fourth-order valence-electron chi connectivity index (χ4n) is 6.41. The summed E-state index contributed by atoms with van der Waals surface area (Å²) in [4.78, 5) is 43.2. The maximum atomic E-state index is 14.5. The zero-order valence-electron chi connectivity index (χ0n) is 25.1. The summed E-state index contributed by atoms with van der Waals surface area (Å²) in [7, 11) is 0. The minimum Gasteiger partial charge on any atom is -0.454 e. The highest BCUT2D eigenvalue weighted by Gasteiger charge is 2.36. The first-order chi connectivity index (χ1) is 21.9. The molecule has 0 saturated heterocycles. The number of anilines is 1. The third kappa shape index (κ3) is 7.06.